The van der Waals surface area contributed by atoms with E-state index in [0.717, 1.165) is 28.9 Å². The van der Waals surface area contributed by atoms with Gasteiger partial charge >= 0.3 is 0 Å². The lowest BCUT2D eigenvalue weighted by Gasteiger charge is -2.08. The van der Waals surface area contributed by atoms with Gasteiger partial charge in [-0.3, -0.25) is 9.48 Å². The normalized spacial score (nSPS) is 10.8. The van der Waals surface area contributed by atoms with Crippen molar-refractivity contribution in [2.75, 3.05) is 0 Å². The quantitative estimate of drug-likeness (QED) is 0.718. The Morgan fingerprint density at radius 2 is 1.76 bits per heavy atom. The third-order valence-electron chi connectivity index (χ3n) is 3.61. The van der Waals surface area contributed by atoms with E-state index < -0.39 is 0 Å². The topological polar surface area (TPSA) is 26.9 Å². The van der Waals surface area contributed by atoms with Gasteiger partial charge in [-0.2, -0.15) is 0 Å². The summed E-state index contributed by atoms with van der Waals surface area (Å²) >= 11 is 0. The van der Waals surface area contributed by atoms with Gasteiger partial charge in [-0.25, -0.2) is 4.68 Å². The second-order valence-corrected chi connectivity index (χ2v) is 5.12. The zero-order chi connectivity index (χ0) is 14.8. The van der Waals surface area contributed by atoms with Gasteiger partial charge in [0.25, 0.3) is 5.56 Å². The summed E-state index contributed by atoms with van der Waals surface area (Å²) in [6.45, 7) is 4.82. The molecule has 3 aromatic rings. The van der Waals surface area contributed by atoms with Crippen LogP contribution in [0.2, 0.25) is 0 Å². The van der Waals surface area contributed by atoms with E-state index in [1.807, 2.05) is 79.3 Å². The molecule has 0 unspecified atom stereocenters. The molecule has 3 heteroatoms. The lowest BCUT2D eigenvalue weighted by atomic mass is 10.1. The van der Waals surface area contributed by atoms with E-state index in [4.69, 9.17) is 0 Å². The molecule has 0 fully saturated rings. The van der Waals surface area contributed by atoms with Crippen LogP contribution in [0, 0.1) is 6.92 Å². The van der Waals surface area contributed by atoms with Crippen LogP contribution in [0.25, 0.3) is 16.8 Å². The van der Waals surface area contributed by atoms with Crippen molar-refractivity contribution in [3.63, 3.8) is 0 Å². The van der Waals surface area contributed by atoms with Gasteiger partial charge in [0.1, 0.15) is 0 Å². The number of aromatic nitrogens is 2. The Bertz CT molecular complexity index is 813. The molecule has 0 amide bonds. The summed E-state index contributed by atoms with van der Waals surface area (Å²) in [6.07, 6.45) is 1.93. The van der Waals surface area contributed by atoms with Crippen molar-refractivity contribution in [3.8, 4) is 16.8 Å². The summed E-state index contributed by atoms with van der Waals surface area (Å²) in [7, 11) is 0. The number of hydrogen-bond donors (Lipinski definition) is 0. The molecule has 0 aliphatic rings. The van der Waals surface area contributed by atoms with E-state index in [-0.39, 0.29) is 5.56 Å². The first-order valence-corrected chi connectivity index (χ1v) is 7.15. The number of nitrogens with zero attached hydrogens (tertiary/aromatic N) is 2. The molecule has 0 saturated carbocycles. The average molecular weight is 278 g/mol. The lowest BCUT2D eigenvalue weighted by molar-refractivity contribution is 0.574. The molecule has 2 aromatic carbocycles. The van der Waals surface area contributed by atoms with Gasteiger partial charge in [0.2, 0.25) is 0 Å². The van der Waals surface area contributed by atoms with Crippen LogP contribution in [0.5, 0.6) is 0 Å². The fourth-order valence-corrected chi connectivity index (χ4v) is 2.57. The summed E-state index contributed by atoms with van der Waals surface area (Å²) in [6, 6.07) is 17.8. The molecule has 3 nitrogen and oxygen atoms in total. The molecule has 106 valence electrons. The van der Waals surface area contributed by atoms with Crippen LogP contribution < -0.4 is 5.56 Å². The Balaban J connectivity index is 2.22. The van der Waals surface area contributed by atoms with Crippen molar-refractivity contribution in [1.29, 1.82) is 0 Å². The number of benzene rings is 2. The molecular weight excluding hydrogens is 260 g/mol. The first-order chi connectivity index (χ1) is 10.2. The summed E-state index contributed by atoms with van der Waals surface area (Å²) in [4.78, 5) is 12.8. The summed E-state index contributed by atoms with van der Waals surface area (Å²) in [5, 5.41) is 0. The maximum Gasteiger partial charge on any atom is 0.279 e. The maximum atomic E-state index is 12.8. The molecule has 1 heterocycles. The van der Waals surface area contributed by atoms with Crippen LogP contribution >= 0.6 is 0 Å². The zero-order valence-corrected chi connectivity index (χ0v) is 12.3. The van der Waals surface area contributed by atoms with Crippen molar-refractivity contribution in [1.82, 2.24) is 9.36 Å². The average Bonchev–Trinajstić information content (AvgIpc) is 2.85. The first-order valence-electron chi connectivity index (χ1n) is 7.15. The van der Waals surface area contributed by atoms with Crippen molar-refractivity contribution < 1.29 is 0 Å². The molecule has 21 heavy (non-hydrogen) atoms. The van der Waals surface area contributed by atoms with Crippen molar-refractivity contribution in [2.24, 2.45) is 0 Å². The minimum Gasteiger partial charge on any atom is -0.285 e. The molecule has 0 bridgehead atoms. The fourth-order valence-electron chi connectivity index (χ4n) is 2.57. The molecule has 1 aromatic heterocycles. The Morgan fingerprint density at radius 3 is 2.43 bits per heavy atom. The molecule has 0 radical (unpaired) electrons. The molecular formula is C18H18N2O. The van der Waals surface area contributed by atoms with Crippen molar-refractivity contribution in [3.05, 3.63) is 76.7 Å². The predicted octanol–water partition coefficient (Wildman–Crippen LogP) is 3.63. The van der Waals surface area contributed by atoms with E-state index in [0.29, 0.717) is 0 Å². The minimum atomic E-state index is 0.0219. The van der Waals surface area contributed by atoms with Crippen LogP contribution in [0.3, 0.4) is 0 Å². The largest absolute Gasteiger partial charge is 0.285 e. The standard InChI is InChI=1S/C18H18N2O/c1-3-19-13-17(15-9-7-8-14(2)12-15)18(21)20(19)16-10-5-4-6-11-16/h4-13H,3H2,1-2H3. The van der Waals surface area contributed by atoms with Crippen LogP contribution in [0.4, 0.5) is 0 Å². The number of hydrogen-bond acceptors (Lipinski definition) is 1. The van der Waals surface area contributed by atoms with Gasteiger partial charge in [0, 0.05) is 12.7 Å². The van der Waals surface area contributed by atoms with E-state index in [1.165, 1.54) is 0 Å². The van der Waals surface area contributed by atoms with Gasteiger partial charge in [-0.15, -0.1) is 0 Å². The third-order valence-corrected chi connectivity index (χ3v) is 3.61. The Labute approximate surface area is 124 Å². The lowest BCUT2D eigenvalue weighted by Crippen LogP contribution is -2.21. The van der Waals surface area contributed by atoms with Crippen LogP contribution in [0.15, 0.2) is 65.6 Å². The van der Waals surface area contributed by atoms with E-state index in [1.54, 1.807) is 4.68 Å². The second-order valence-electron chi connectivity index (χ2n) is 5.12. The summed E-state index contributed by atoms with van der Waals surface area (Å²) < 4.78 is 3.69. The molecule has 0 aliphatic carbocycles. The number of aryl methyl sites for hydroxylation is 2. The van der Waals surface area contributed by atoms with E-state index in [2.05, 4.69) is 0 Å². The number of rotatable bonds is 3. The monoisotopic (exact) mass is 278 g/mol. The van der Waals surface area contributed by atoms with E-state index in [9.17, 15) is 4.79 Å². The predicted molar refractivity (Wildman–Crippen MR) is 85.9 cm³/mol. The third kappa shape index (κ3) is 2.42. The van der Waals surface area contributed by atoms with Gasteiger partial charge in [-0.1, -0.05) is 48.0 Å². The van der Waals surface area contributed by atoms with Gasteiger partial charge in [0.05, 0.1) is 11.3 Å². The zero-order valence-electron chi connectivity index (χ0n) is 12.3. The maximum absolute atomic E-state index is 12.8. The van der Waals surface area contributed by atoms with Gasteiger partial charge in [-0.05, 0) is 31.5 Å². The second kappa shape index (κ2) is 5.44. The first kappa shape index (κ1) is 13.4. The molecule has 0 atom stereocenters. The van der Waals surface area contributed by atoms with Gasteiger partial charge in [0.15, 0.2) is 0 Å². The van der Waals surface area contributed by atoms with E-state index >= 15 is 0 Å². The highest BCUT2D eigenvalue weighted by atomic mass is 16.1. The molecule has 3 rings (SSSR count). The van der Waals surface area contributed by atoms with Crippen LogP contribution in [-0.2, 0) is 6.54 Å². The molecule has 0 N–H and O–H groups in total. The highest BCUT2D eigenvalue weighted by Gasteiger charge is 2.13. The van der Waals surface area contributed by atoms with Crippen molar-refractivity contribution >= 4 is 0 Å². The Hall–Kier alpha value is -2.55. The number of para-hydroxylation sites is 1. The Morgan fingerprint density at radius 1 is 1.00 bits per heavy atom. The van der Waals surface area contributed by atoms with Gasteiger partial charge < -0.3 is 0 Å². The Kier molecular flexibility index (Phi) is 3.48. The van der Waals surface area contributed by atoms with Crippen LogP contribution in [0.1, 0.15) is 12.5 Å². The minimum absolute atomic E-state index is 0.0219. The smallest absolute Gasteiger partial charge is 0.279 e. The SMILES string of the molecule is CCn1cc(-c2cccc(C)c2)c(=O)n1-c1ccccc1. The van der Waals surface area contributed by atoms with Crippen LogP contribution in [-0.4, -0.2) is 9.36 Å². The molecule has 0 aliphatic heterocycles. The summed E-state index contributed by atoms with van der Waals surface area (Å²) in [5.74, 6) is 0. The molecule has 0 saturated heterocycles. The highest BCUT2D eigenvalue weighted by Crippen LogP contribution is 2.18. The fraction of sp³-hybridized carbons (Fsp3) is 0.167. The summed E-state index contributed by atoms with van der Waals surface area (Å²) in [5.41, 5.74) is 3.78. The molecule has 0 spiro atoms. The van der Waals surface area contributed by atoms with Crippen molar-refractivity contribution in [2.45, 2.75) is 20.4 Å². The highest BCUT2D eigenvalue weighted by molar-refractivity contribution is 5.63.